The van der Waals surface area contributed by atoms with Crippen molar-refractivity contribution in [2.45, 2.75) is 19.1 Å². The Labute approximate surface area is 89.1 Å². The Bertz CT molecular complexity index is 393. The molecule has 0 aliphatic heterocycles. The van der Waals surface area contributed by atoms with Gasteiger partial charge in [-0.1, -0.05) is 6.07 Å². The molecule has 0 radical (unpaired) electrons. The summed E-state index contributed by atoms with van der Waals surface area (Å²) in [4.78, 5) is 13.7. The Morgan fingerprint density at radius 1 is 1.50 bits per heavy atom. The van der Waals surface area contributed by atoms with Crippen LogP contribution in [-0.4, -0.2) is 22.1 Å². The average Bonchev–Trinajstić information content (AvgIpc) is 2.16. The summed E-state index contributed by atoms with van der Waals surface area (Å²) in [6, 6.07) is 2.24. The lowest BCUT2D eigenvalue weighted by atomic mass is 10.3. The number of aliphatic carboxylic acids is 1. The van der Waals surface area contributed by atoms with Crippen LogP contribution >= 0.6 is 0 Å². The molecule has 0 unspecified atom stereocenters. The van der Waals surface area contributed by atoms with Crippen molar-refractivity contribution < 1.29 is 23.1 Å². The standard InChI is InChI=1S/C9H9F3N2O2/c1-5(8(15)16)13-7-4-2-3-6(14-7)9(10,11)12/h2-5H,1H3,(H,13,14)(H,15,16)/t5-/m1/s1. The fraction of sp³-hybridized carbons (Fsp3) is 0.333. The molecule has 0 aliphatic carbocycles. The van der Waals surface area contributed by atoms with E-state index in [9.17, 15) is 18.0 Å². The average molecular weight is 234 g/mol. The Balaban J connectivity index is 2.87. The highest BCUT2D eigenvalue weighted by molar-refractivity contribution is 5.76. The van der Waals surface area contributed by atoms with E-state index in [4.69, 9.17) is 5.11 Å². The third-order valence-electron chi connectivity index (χ3n) is 1.77. The first-order chi connectivity index (χ1) is 7.30. The van der Waals surface area contributed by atoms with Crippen molar-refractivity contribution in [1.29, 1.82) is 0 Å². The van der Waals surface area contributed by atoms with Gasteiger partial charge in [-0.3, -0.25) is 4.79 Å². The molecule has 0 saturated heterocycles. The quantitative estimate of drug-likeness (QED) is 0.839. The summed E-state index contributed by atoms with van der Waals surface area (Å²) in [7, 11) is 0. The van der Waals surface area contributed by atoms with Crippen LogP contribution in [0, 0.1) is 0 Å². The molecule has 1 aromatic heterocycles. The van der Waals surface area contributed by atoms with Crippen LogP contribution in [0.25, 0.3) is 0 Å². The molecule has 1 rings (SSSR count). The fourth-order valence-electron chi connectivity index (χ4n) is 0.957. The summed E-state index contributed by atoms with van der Waals surface area (Å²) in [6.07, 6.45) is -4.54. The molecule has 0 amide bonds. The van der Waals surface area contributed by atoms with E-state index < -0.39 is 23.9 Å². The van der Waals surface area contributed by atoms with Crippen molar-refractivity contribution in [2.75, 3.05) is 5.32 Å². The highest BCUT2D eigenvalue weighted by atomic mass is 19.4. The number of pyridine rings is 1. The smallest absolute Gasteiger partial charge is 0.433 e. The number of aromatic nitrogens is 1. The SMILES string of the molecule is C[C@@H](Nc1cccc(C(F)(F)F)n1)C(=O)O. The zero-order valence-electron chi connectivity index (χ0n) is 8.25. The number of rotatable bonds is 3. The van der Waals surface area contributed by atoms with Crippen molar-refractivity contribution in [3.05, 3.63) is 23.9 Å². The van der Waals surface area contributed by atoms with Gasteiger partial charge >= 0.3 is 12.1 Å². The molecular formula is C9H9F3N2O2. The molecule has 0 fully saturated rings. The predicted molar refractivity (Wildman–Crippen MR) is 50.0 cm³/mol. The monoisotopic (exact) mass is 234 g/mol. The van der Waals surface area contributed by atoms with E-state index in [-0.39, 0.29) is 5.82 Å². The summed E-state index contributed by atoms with van der Waals surface area (Å²) in [5.74, 6) is -1.29. The van der Waals surface area contributed by atoms with Gasteiger partial charge in [-0.2, -0.15) is 13.2 Å². The number of alkyl halides is 3. The Hall–Kier alpha value is -1.79. The molecule has 0 saturated carbocycles. The highest BCUT2D eigenvalue weighted by Gasteiger charge is 2.32. The lowest BCUT2D eigenvalue weighted by Gasteiger charge is -2.11. The van der Waals surface area contributed by atoms with E-state index >= 15 is 0 Å². The lowest BCUT2D eigenvalue weighted by molar-refractivity contribution is -0.141. The van der Waals surface area contributed by atoms with Crippen LogP contribution in [-0.2, 0) is 11.0 Å². The number of carboxylic acids is 1. The number of carboxylic acid groups (broad SMARTS) is 1. The third kappa shape index (κ3) is 3.11. The molecule has 88 valence electrons. The molecule has 1 aromatic rings. The van der Waals surface area contributed by atoms with E-state index in [0.29, 0.717) is 0 Å². The topological polar surface area (TPSA) is 62.2 Å². The van der Waals surface area contributed by atoms with Gasteiger partial charge in [0.25, 0.3) is 0 Å². The van der Waals surface area contributed by atoms with Crippen LogP contribution in [0.15, 0.2) is 18.2 Å². The molecule has 0 bridgehead atoms. The van der Waals surface area contributed by atoms with Gasteiger partial charge < -0.3 is 10.4 Å². The van der Waals surface area contributed by atoms with Gasteiger partial charge in [-0.15, -0.1) is 0 Å². The summed E-state index contributed by atoms with van der Waals surface area (Å²) in [6.45, 7) is 1.31. The first-order valence-corrected chi connectivity index (χ1v) is 4.34. The maximum absolute atomic E-state index is 12.3. The first-order valence-electron chi connectivity index (χ1n) is 4.34. The van der Waals surface area contributed by atoms with Crippen LogP contribution < -0.4 is 5.32 Å². The van der Waals surface area contributed by atoms with Crippen molar-refractivity contribution in [2.24, 2.45) is 0 Å². The highest BCUT2D eigenvalue weighted by Crippen LogP contribution is 2.28. The second kappa shape index (κ2) is 4.38. The number of carbonyl (C=O) groups is 1. The second-order valence-corrected chi connectivity index (χ2v) is 3.11. The normalized spacial score (nSPS) is 13.2. The molecule has 2 N–H and O–H groups in total. The van der Waals surface area contributed by atoms with Crippen LogP contribution in [0.2, 0.25) is 0 Å². The second-order valence-electron chi connectivity index (χ2n) is 3.11. The predicted octanol–water partition coefficient (Wildman–Crippen LogP) is 1.99. The van der Waals surface area contributed by atoms with Gasteiger partial charge in [-0.05, 0) is 19.1 Å². The number of halogens is 3. The number of nitrogens with one attached hydrogen (secondary N) is 1. The van der Waals surface area contributed by atoms with E-state index in [1.54, 1.807) is 0 Å². The number of hydrogen-bond donors (Lipinski definition) is 2. The van der Waals surface area contributed by atoms with Crippen LogP contribution in [0.5, 0.6) is 0 Å². The van der Waals surface area contributed by atoms with Gasteiger partial charge in [-0.25, -0.2) is 4.98 Å². The molecule has 7 heteroatoms. The van der Waals surface area contributed by atoms with Crippen molar-refractivity contribution >= 4 is 11.8 Å². The summed E-state index contributed by atoms with van der Waals surface area (Å²) in [5, 5.41) is 10.9. The van der Waals surface area contributed by atoms with Crippen molar-refractivity contribution in [3.8, 4) is 0 Å². The summed E-state index contributed by atoms with van der Waals surface area (Å²) in [5.41, 5.74) is -1.06. The largest absolute Gasteiger partial charge is 0.480 e. The van der Waals surface area contributed by atoms with Gasteiger partial charge in [0.2, 0.25) is 0 Å². The molecule has 4 nitrogen and oxygen atoms in total. The number of nitrogens with zero attached hydrogens (tertiary/aromatic N) is 1. The Morgan fingerprint density at radius 3 is 2.62 bits per heavy atom. The van der Waals surface area contributed by atoms with Crippen molar-refractivity contribution in [3.63, 3.8) is 0 Å². The summed E-state index contributed by atoms with van der Waals surface area (Å²) < 4.78 is 36.8. The minimum absolute atomic E-state index is 0.121. The van der Waals surface area contributed by atoms with Gasteiger partial charge in [0.15, 0.2) is 0 Å². The number of anilines is 1. The van der Waals surface area contributed by atoms with Gasteiger partial charge in [0, 0.05) is 0 Å². The van der Waals surface area contributed by atoms with Gasteiger partial charge in [0.1, 0.15) is 17.6 Å². The maximum atomic E-state index is 12.3. The summed E-state index contributed by atoms with van der Waals surface area (Å²) >= 11 is 0. The Kier molecular flexibility index (Phi) is 3.36. The van der Waals surface area contributed by atoms with Crippen LogP contribution in [0.4, 0.5) is 19.0 Å². The van der Waals surface area contributed by atoms with Crippen LogP contribution in [0.3, 0.4) is 0 Å². The first kappa shape index (κ1) is 12.3. The molecule has 1 heterocycles. The maximum Gasteiger partial charge on any atom is 0.433 e. The molecule has 1 atom stereocenters. The lowest BCUT2D eigenvalue weighted by Crippen LogP contribution is -2.26. The zero-order valence-corrected chi connectivity index (χ0v) is 8.25. The molecule has 16 heavy (non-hydrogen) atoms. The van der Waals surface area contributed by atoms with Gasteiger partial charge in [0.05, 0.1) is 0 Å². The third-order valence-corrected chi connectivity index (χ3v) is 1.77. The molecule has 0 spiro atoms. The van der Waals surface area contributed by atoms with E-state index in [1.165, 1.54) is 13.0 Å². The number of hydrogen-bond acceptors (Lipinski definition) is 3. The van der Waals surface area contributed by atoms with Crippen LogP contribution in [0.1, 0.15) is 12.6 Å². The van der Waals surface area contributed by atoms with E-state index in [0.717, 1.165) is 12.1 Å². The fourth-order valence-corrected chi connectivity index (χ4v) is 0.957. The molecule has 0 aromatic carbocycles. The van der Waals surface area contributed by atoms with Crippen molar-refractivity contribution in [1.82, 2.24) is 4.98 Å². The Morgan fingerprint density at radius 2 is 2.12 bits per heavy atom. The zero-order chi connectivity index (χ0) is 12.3. The molecule has 0 aliphatic rings. The van der Waals surface area contributed by atoms with E-state index in [1.807, 2.05) is 0 Å². The molecular weight excluding hydrogens is 225 g/mol. The minimum Gasteiger partial charge on any atom is -0.480 e. The van der Waals surface area contributed by atoms with E-state index in [2.05, 4.69) is 10.3 Å². The minimum atomic E-state index is -4.54.